The summed E-state index contributed by atoms with van der Waals surface area (Å²) >= 11 is 0. The van der Waals surface area contributed by atoms with Crippen LogP contribution in [0.15, 0.2) is 23.3 Å². The molecule has 1 unspecified atom stereocenters. The molecule has 2 aromatic rings. The predicted molar refractivity (Wildman–Crippen MR) is 98.2 cm³/mol. The van der Waals surface area contributed by atoms with E-state index in [1.54, 1.807) is 11.1 Å². The highest BCUT2D eigenvalue weighted by Crippen LogP contribution is 2.23. The molecule has 1 atom stereocenters. The first-order valence-electron chi connectivity index (χ1n) is 9.39. The lowest BCUT2D eigenvalue weighted by molar-refractivity contribution is 0.0619. The highest BCUT2D eigenvalue weighted by atomic mass is 16.2. The van der Waals surface area contributed by atoms with Crippen LogP contribution in [-0.2, 0) is 19.9 Å². The lowest BCUT2D eigenvalue weighted by atomic mass is 10.0. The quantitative estimate of drug-likeness (QED) is 0.792. The Hall–Kier alpha value is -2.41. The fourth-order valence-corrected chi connectivity index (χ4v) is 4.04. The number of nitrogens with one attached hydrogen (secondary N) is 2. The second-order valence-electron chi connectivity index (χ2n) is 7.19. The molecule has 2 N–H and O–H groups in total. The molecule has 0 aromatic carbocycles. The van der Waals surface area contributed by atoms with Gasteiger partial charge in [-0.25, -0.2) is 4.98 Å². The number of hydrogen-bond donors (Lipinski definition) is 2. The second-order valence-corrected chi connectivity index (χ2v) is 7.19. The van der Waals surface area contributed by atoms with Gasteiger partial charge in [0, 0.05) is 44.8 Å². The molecule has 26 heavy (non-hydrogen) atoms. The Balaban J connectivity index is 1.69. The number of fused-ring (bicyclic) bond motifs is 1. The van der Waals surface area contributed by atoms with Crippen molar-refractivity contribution in [1.29, 1.82) is 0 Å². The second kappa shape index (κ2) is 7.07. The molecule has 1 amide bonds. The first-order valence-corrected chi connectivity index (χ1v) is 9.39. The Kier molecular flexibility index (Phi) is 4.63. The lowest BCUT2D eigenvalue weighted by Gasteiger charge is -2.35. The minimum Gasteiger partial charge on any atom is -0.336 e. The molecule has 4 rings (SSSR count). The van der Waals surface area contributed by atoms with Crippen LogP contribution in [0.25, 0.3) is 0 Å². The summed E-state index contributed by atoms with van der Waals surface area (Å²) < 4.78 is 1.93. The maximum absolute atomic E-state index is 13.3. The zero-order valence-electron chi connectivity index (χ0n) is 15.1. The normalized spacial score (nSPS) is 20.5. The first-order chi connectivity index (χ1) is 12.6. The molecule has 7 heteroatoms. The maximum atomic E-state index is 13.3. The van der Waals surface area contributed by atoms with Crippen LogP contribution in [0, 0.1) is 0 Å². The van der Waals surface area contributed by atoms with E-state index in [2.05, 4.69) is 15.3 Å². The maximum Gasteiger partial charge on any atom is 0.261 e. The summed E-state index contributed by atoms with van der Waals surface area (Å²) in [5, 5.41) is 3.33. The van der Waals surface area contributed by atoms with Gasteiger partial charge in [0.05, 0.1) is 0 Å². The highest BCUT2D eigenvalue weighted by molar-refractivity contribution is 5.94. The lowest BCUT2D eigenvalue weighted by Crippen LogP contribution is -2.50. The minimum absolute atomic E-state index is 0.172. The smallest absolute Gasteiger partial charge is 0.261 e. The molecular formula is C19H25N5O2. The third-order valence-corrected chi connectivity index (χ3v) is 5.48. The number of amides is 1. The number of piperazine rings is 1. The summed E-state index contributed by atoms with van der Waals surface area (Å²) in [6, 6.07) is 1.66. The van der Waals surface area contributed by atoms with E-state index < -0.39 is 0 Å². The van der Waals surface area contributed by atoms with E-state index in [1.807, 2.05) is 23.9 Å². The molecule has 0 bridgehead atoms. The van der Waals surface area contributed by atoms with E-state index in [0.717, 1.165) is 49.3 Å². The fourth-order valence-electron chi connectivity index (χ4n) is 4.04. The number of nitrogens with zero attached hydrogens (tertiary/aromatic N) is 3. The van der Waals surface area contributed by atoms with E-state index in [0.29, 0.717) is 13.1 Å². The molecule has 2 aromatic heterocycles. The SMILES string of the molecule is Cn1ccnc1C1CNCCN1C(=O)c1cc2c([nH]c1=O)CCCCC2. The van der Waals surface area contributed by atoms with Crippen LogP contribution in [0.2, 0.25) is 0 Å². The first kappa shape index (κ1) is 17.0. The van der Waals surface area contributed by atoms with E-state index in [1.165, 1.54) is 6.42 Å². The van der Waals surface area contributed by atoms with Crippen molar-refractivity contribution in [1.82, 2.24) is 24.8 Å². The van der Waals surface area contributed by atoms with Gasteiger partial charge in [-0.1, -0.05) is 6.42 Å². The standard InChI is InChI=1S/C19H25N5O2/c1-23-9-8-21-17(23)16-12-20-7-10-24(16)19(26)14-11-13-5-3-2-4-6-15(13)22-18(14)25/h8-9,11,16,20H,2-7,10,12H2,1H3,(H,22,25). The minimum atomic E-state index is -0.271. The van der Waals surface area contributed by atoms with Gasteiger partial charge in [-0.05, 0) is 37.3 Å². The molecule has 2 aliphatic rings. The third kappa shape index (κ3) is 3.07. The third-order valence-electron chi connectivity index (χ3n) is 5.48. The molecule has 1 aliphatic carbocycles. The molecule has 1 fully saturated rings. The Morgan fingerprint density at radius 3 is 2.92 bits per heavy atom. The predicted octanol–water partition coefficient (Wildman–Crippen LogP) is 1.16. The van der Waals surface area contributed by atoms with Gasteiger partial charge in [0.2, 0.25) is 0 Å². The summed E-state index contributed by atoms with van der Waals surface area (Å²) in [5.74, 6) is 0.629. The van der Waals surface area contributed by atoms with E-state index in [9.17, 15) is 9.59 Å². The molecule has 3 heterocycles. The number of hydrogen-bond acceptors (Lipinski definition) is 4. The van der Waals surface area contributed by atoms with Crippen molar-refractivity contribution in [2.45, 2.75) is 38.1 Å². The molecule has 0 spiro atoms. The zero-order valence-corrected chi connectivity index (χ0v) is 15.1. The van der Waals surface area contributed by atoms with Crippen molar-refractivity contribution in [2.75, 3.05) is 19.6 Å². The zero-order chi connectivity index (χ0) is 18.1. The number of carbonyl (C=O) groups excluding carboxylic acids is 1. The van der Waals surface area contributed by atoms with Crippen LogP contribution < -0.4 is 10.9 Å². The fraction of sp³-hybridized carbons (Fsp3) is 0.526. The number of H-pyrrole nitrogens is 1. The van der Waals surface area contributed by atoms with Crippen LogP contribution in [0.3, 0.4) is 0 Å². The van der Waals surface area contributed by atoms with Crippen molar-refractivity contribution in [3.8, 4) is 0 Å². The number of imidazole rings is 1. The van der Waals surface area contributed by atoms with Gasteiger partial charge < -0.3 is 19.8 Å². The van der Waals surface area contributed by atoms with Gasteiger partial charge in [0.25, 0.3) is 11.5 Å². The summed E-state index contributed by atoms with van der Waals surface area (Å²) in [6.07, 6.45) is 8.80. The largest absolute Gasteiger partial charge is 0.336 e. The molecule has 1 saturated heterocycles. The van der Waals surface area contributed by atoms with Gasteiger partial charge in [0.15, 0.2) is 0 Å². The number of pyridine rings is 1. The van der Waals surface area contributed by atoms with Crippen LogP contribution in [-0.4, -0.2) is 45.0 Å². The molecule has 1 aliphatic heterocycles. The number of aromatic amines is 1. The van der Waals surface area contributed by atoms with Gasteiger partial charge in [-0.2, -0.15) is 0 Å². The van der Waals surface area contributed by atoms with Crippen molar-refractivity contribution < 1.29 is 4.79 Å². The molecule has 138 valence electrons. The van der Waals surface area contributed by atoms with E-state index in [4.69, 9.17) is 0 Å². The van der Waals surface area contributed by atoms with Crippen LogP contribution in [0.4, 0.5) is 0 Å². The highest BCUT2D eigenvalue weighted by Gasteiger charge is 2.32. The summed E-state index contributed by atoms with van der Waals surface area (Å²) in [6.45, 7) is 1.92. The molecular weight excluding hydrogens is 330 g/mol. The van der Waals surface area contributed by atoms with Gasteiger partial charge in [-0.15, -0.1) is 0 Å². The van der Waals surface area contributed by atoms with Crippen molar-refractivity contribution in [3.63, 3.8) is 0 Å². The van der Waals surface area contributed by atoms with Crippen molar-refractivity contribution >= 4 is 5.91 Å². The van der Waals surface area contributed by atoms with Gasteiger partial charge >= 0.3 is 0 Å². The summed E-state index contributed by atoms with van der Waals surface area (Å²) in [4.78, 5) is 35.0. The summed E-state index contributed by atoms with van der Waals surface area (Å²) in [7, 11) is 1.93. The average molecular weight is 355 g/mol. The Morgan fingerprint density at radius 1 is 1.27 bits per heavy atom. The molecule has 0 radical (unpaired) electrons. The Labute approximate surface area is 152 Å². The van der Waals surface area contributed by atoms with Crippen LogP contribution >= 0.6 is 0 Å². The Morgan fingerprint density at radius 2 is 2.12 bits per heavy atom. The van der Waals surface area contributed by atoms with Crippen LogP contribution in [0.5, 0.6) is 0 Å². The van der Waals surface area contributed by atoms with E-state index in [-0.39, 0.29) is 23.1 Å². The van der Waals surface area contributed by atoms with Crippen molar-refractivity contribution in [3.05, 3.63) is 51.5 Å². The number of rotatable bonds is 2. The summed E-state index contributed by atoms with van der Waals surface area (Å²) in [5.41, 5.74) is 2.11. The van der Waals surface area contributed by atoms with Gasteiger partial charge in [-0.3, -0.25) is 9.59 Å². The number of aryl methyl sites for hydroxylation is 3. The average Bonchev–Trinajstić information content (AvgIpc) is 2.94. The Bertz CT molecular complexity index is 869. The topological polar surface area (TPSA) is 83.0 Å². The molecule has 0 saturated carbocycles. The van der Waals surface area contributed by atoms with Crippen molar-refractivity contribution in [2.24, 2.45) is 7.05 Å². The number of carbonyl (C=O) groups is 1. The van der Waals surface area contributed by atoms with E-state index >= 15 is 0 Å². The number of aromatic nitrogens is 3. The van der Waals surface area contributed by atoms with Crippen LogP contribution in [0.1, 0.15) is 52.7 Å². The monoisotopic (exact) mass is 355 g/mol. The van der Waals surface area contributed by atoms with Gasteiger partial charge in [0.1, 0.15) is 17.4 Å². The molecule has 7 nitrogen and oxygen atoms in total.